The molecule has 0 radical (unpaired) electrons. The van der Waals surface area contributed by atoms with E-state index in [9.17, 15) is 4.79 Å². The lowest BCUT2D eigenvalue weighted by Gasteiger charge is -2.37. The third-order valence-electron chi connectivity index (χ3n) is 4.77. The standard InChI is InChI=1S/C17H21N5O2/c23-17(21-6-8-24-9-7-21)13-2-1-5-22(12-13)14-10-15-16(20-11-14)19-4-3-18-15/h3-4,10-11,13H,1-2,5-9,12H2/t13-/m1/s1. The van der Waals surface area contributed by atoms with Crippen molar-refractivity contribution in [3.05, 3.63) is 24.7 Å². The molecule has 0 aromatic carbocycles. The topological polar surface area (TPSA) is 71.5 Å². The van der Waals surface area contributed by atoms with Crippen LogP contribution in [0.4, 0.5) is 5.69 Å². The Bertz CT molecular complexity index is 732. The minimum Gasteiger partial charge on any atom is -0.378 e. The maximum absolute atomic E-state index is 12.7. The van der Waals surface area contributed by atoms with E-state index in [4.69, 9.17) is 4.74 Å². The fourth-order valence-corrected chi connectivity index (χ4v) is 3.48. The van der Waals surface area contributed by atoms with Gasteiger partial charge in [-0.3, -0.25) is 9.78 Å². The highest BCUT2D eigenvalue weighted by Crippen LogP contribution is 2.25. The molecule has 0 unspecified atom stereocenters. The Hall–Kier alpha value is -2.28. The van der Waals surface area contributed by atoms with Gasteiger partial charge in [0.1, 0.15) is 5.52 Å². The SMILES string of the molecule is O=C([C@@H]1CCCN(c2cnc3nccnc3c2)C1)N1CCOCC1. The molecule has 0 spiro atoms. The monoisotopic (exact) mass is 327 g/mol. The summed E-state index contributed by atoms with van der Waals surface area (Å²) in [5.41, 5.74) is 2.46. The van der Waals surface area contributed by atoms with E-state index in [1.54, 1.807) is 12.4 Å². The van der Waals surface area contributed by atoms with Crippen LogP contribution in [-0.2, 0) is 9.53 Å². The van der Waals surface area contributed by atoms with Crippen LogP contribution in [-0.4, -0.2) is 65.2 Å². The van der Waals surface area contributed by atoms with Gasteiger partial charge >= 0.3 is 0 Å². The smallest absolute Gasteiger partial charge is 0.227 e. The zero-order valence-corrected chi connectivity index (χ0v) is 13.6. The number of ether oxygens (including phenoxy) is 1. The van der Waals surface area contributed by atoms with Gasteiger partial charge in [-0.05, 0) is 18.9 Å². The lowest BCUT2D eigenvalue weighted by atomic mass is 9.96. The summed E-state index contributed by atoms with van der Waals surface area (Å²) >= 11 is 0. The molecule has 2 aliphatic rings. The van der Waals surface area contributed by atoms with E-state index in [-0.39, 0.29) is 11.8 Å². The Labute approximate surface area is 140 Å². The second kappa shape index (κ2) is 6.68. The van der Waals surface area contributed by atoms with E-state index < -0.39 is 0 Å². The number of anilines is 1. The third-order valence-corrected chi connectivity index (χ3v) is 4.77. The second-order valence-corrected chi connectivity index (χ2v) is 6.32. The number of carbonyl (C=O) groups excluding carboxylic acids is 1. The van der Waals surface area contributed by atoms with Crippen molar-refractivity contribution in [1.29, 1.82) is 0 Å². The Morgan fingerprint density at radius 1 is 1.12 bits per heavy atom. The van der Waals surface area contributed by atoms with E-state index in [2.05, 4.69) is 19.9 Å². The van der Waals surface area contributed by atoms with Crippen molar-refractivity contribution >= 4 is 22.8 Å². The lowest BCUT2D eigenvalue weighted by molar-refractivity contribution is -0.139. The summed E-state index contributed by atoms with van der Waals surface area (Å²) in [4.78, 5) is 29.9. The fourth-order valence-electron chi connectivity index (χ4n) is 3.48. The molecule has 1 atom stereocenters. The molecule has 2 aromatic rings. The van der Waals surface area contributed by atoms with Gasteiger partial charge in [-0.25, -0.2) is 9.97 Å². The molecule has 7 heteroatoms. The lowest BCUT2D eigenvalue weighted by Crippen LogP contribution is -2.48. The van der Waals surface area contributed by atoms with Crippen LogP contribution in [0.5, 0.6) is 0 Å². The van der Waals surface area contributed by atoms with Gasteiger partial charge in [0.15, 0.2) is 5.65 Å². The van der Waals surface area contributed by atoms with Gasteiger partial charge in [0.05, 0.1) is 31.0 Å². The molecular formula is C17H21N5O2. The van der Waals surface area contributed by atoms with Gasteiger partial charge in [-0.2, -0.15) is 0 Å². The molecule has 2 fully saturated rings. The van der Waals surface area contributed by atoms with E-state index in [1.807, 2.05) is 17.2 Å². The van der Waals surface area contributed by atoms with Crippen molar-refractivity contribution in [2.24, 2.45) is 5.92 Å². The number of hydrogen-bond donors (Lipinski definition) is 0. The minimum atomic E-state index is 0.0504. The number of carbonyl (C=O) groups is 1. The Kier molecular flexibility index (Phi) is 4.25. The number of piperidine rings is 1. The van der Waals surface area contributed by atoms with Crippen LogP contribution >= 0.6 is 0 Å². The first-order chi connectivity index (χ1) is 11.8. The number of fused-ring (bicyclic) bond motifs is 1. The average molecular weight is 327 g/mol. The molecule has 24 heavy (non-hydrogen) atoms. The summed E-state index contributed by atoms with van der Waals surface area (Å²) in [7, 11) is 0. The van der Waals surface area contributed by atoms with E-state index in [1.165, 1.54) is 0 Å². The zero-order valence-electron chi connectivity index (χ0n) is 13.6. The van der Waals surface area contributed by atoms with E-state index in [0.717, 1.165) is 37.1 Å². The number of amides is 1. The summed E-state index contributed by atoms with van der Waals surface area (Å²) in [6, 6.07) is 2.01. The molecule has 0 saturated carbocycles. The number of nitrogens with zero attached hydrogens (tertiary/aromatic N) is 5. The molecule has 1 amide bonds. The molecule has 0 aliphatic carbocycles. The normalized spacial score (nSPS) is 21.9. The van der Waals surface area contributed by atoms with Gasteiger partial charge in [0.25, 0.3) is 0 Å². The molecular weight excluding hydrogens is 306 g/mol. The van der Waals surface area contributed by atoms with Gasteiger partial charge in [-0.15, -0.1) is 0 Å². The highest BCUT2D eigenvalue weighted by molar-refractivity contribution is 5.80. The van der Waals surface area contributed by atoms with Crippen molar-refractivity contribution in [2.45, 2.75) is 12.8 Å². The van der Waals surface area contributed by atoms with Crippen LogP contribution in [0.1, 0.15) is 12.8 Å². The summed E-state index contributed by atoms with van der Waals surface area (Å²) in [5, 5.41) is 0. The Morgan fingerprint density at radius 3 is 2.83 bits per heavy atom. The first-order valence-electron chi connectivity index (χ1n) is 8.49. The molecule has 2 saturated heterocycles. The van der Waals surface area contributed by atoms with E-state index >= 15 is 0 Å². The van der Waals surface area contributed by atoms with E-state index in [0.29, 0.717) is 32.0 Å². The second-order valence-electron chi connectivity index (χ2n) is 6.32. The summed E-state index contributed by atoms with van der Waals surface area (Å²) in [5.74, 6) is 0.311. The van der Waals surface area contributed by atoms with Crippen molar-refractivity contribution in [2.75, 3.05) is 44.3 Å². The maximum atomic E-state index is 12.7. The number of morpholine rings is 1. The minimum absolute atomic E-state index is 0.0504. The highest BCUT2D eigenvalue weighted by atomic mass is 16.5. The first kappa shape index (κ1) is 15.3. The molecule has 7 nitrogen and oxygen atoms in total. The van der Waals surface area contributed by atoms with Crippen molar-refractivity contribution < 1.29 is 9.53 Å². The third kappa shape index (κ3) is 3.03. The quantitative estimate of drug-likeness (QED) is 0.822. The van der Waals surface area contributed by atoms with Crippen LogP contribution in [0.15, 0.2) is 24.7 Å². The molecule has 4 heterocycles. The molecule has 2 aromatic heterocycles. The molecule has 0 N–H and O–H groups in total. The number of pyridine rings is 1. The molecule has 4 rings (SSSR count). The zero-order chi connectivity index (χ0) is 16.4. The molecule has 0 bridgehead atoms. The average Bonchev–Trinajstić information content (AvgIpc) is 2.68. The Balaban J connectivity index is 1.50. The van der Waals surface area contributed by atoms with Gasteiger partial charge < -0.3 is 14.5 Å². The molecule has 2 aliphatic heterocycles. The van der Waals surface area contributed by atoms with Crippen molar-refractivity contribution in [1.82, 2.24) is 19.9 Å². The summed E-state index contributed by atoms with van der Waals surface area (Å²) in [6.45, 7) is 4.40. The largest absolute Gasteiger partial charge is 0.378 e. The predicted molar refractivity (Wildman–Crippen MR) is 89.7 cm³/mol. The van der Waals surface area contributed by atoms with Gasteiger partial charge in [0.2, 0.25) is 5.91 Å². The Morgan fingerprint density at radius 2 is 1.96 bits per heavy atom. The van der Waals surface area contributed by atoms with Gasteiger partial charge in [-0.1, -0.05) is 0 Å². The van der Waals surface area contributed by atoms with Crippen LogP contribution in [0.3, 0.4) is 0 Å². The highest BCUT2D eigenvalue weighted by Gasteiger charge is 2.30. The van der Waals surface area contributed by atoms with Gasteiger partial charge in [0, 0.05) is 38.6 Å². The number of hydrogen-bond acceptors (Lipinski definition) is 6. The van der Waals surface area contributed by atoms with Crippen molar-refractivity contribution in [3.8, 4) is 0 Å². The predicted octanol–water partition coefficient (Wildman–Crippen LogP) is 1.10. The van der Waals surface area contributed by atoms with Crippen LogP contribution in [0.2, 0.25) is 0 Å². The van der Waals surface area contributed by atoms with Crippen LogP contribution in [0, 0.1) is 5.92 Å². The summed E-state index contributed by atoms with van der Waals surface area (Å²) in [6.07, 6.45) is 7.12. The number of aromatic nitrogens is 3. The maximum Gasteiger partial charge on any atom is 0.227 e. The van der Waals surface area contributed by atoms with Crippen molar-refractivity contribution in [3.63, 3.8) is 0 Å². The fraction of sp³-hybridized carbons (Fsp3) is 0.529. The molecule has 126 valence electrons. The van der Waals surface area contributed by atoms with Crippen LogP contribution < -0.4 is 4.90 Å². The van der Waals surface area contributed by atoms with Crippen LogP contribution in [0.25, 0.3) is 11.2 Å². The summed E-state index contributed by atoms with van der Waals surface area (Å²) < 4.78 is 5.34. The first-order valence-corrected chi connectivity index (χ1v) is 8.49. The number of rotatable bonds is 2.